The molecule has 1 aromatic carbocycles. The lowest BCUT2D eigenvalue weighted by Gasteiger charge is -2.14. The molecule has 0 amide bonds. The summed E-state index contributed by atoms with van der Waals surface area (Å²) in [6.07, 6.45) is 0. The van der Waals surface area contributed by atoms with Crippen molar-refractivity contribution in [3.8, 4) is 0 Å². The molecule has 2 rings (SSSR count). The van der Waals surface area contributed by atoms with Crippen molar-refractivity contribution < 1.29 is 4.42 Å². The van der Waals surface area contributed by atoms with E-state index in [1.54, 1.807) is 0 Å². The van der Waals surface area contributed by atoms with Crippen molar-refractivity contribution in [2.75, 3.05) is 19.0 Å². The Kier molecular flexibility index (Phi) is 4.39. The summed E-state index contributed by atoms with van der Waals surface area (Å²) < 4.78 is 5.61. The Labute approximate surface area is 117 Å². The topological polar surface area (TPSA) is 54.2 Å². The third-order valence-electron chi connectivity index (χ3n) is 2.87. The van der Waals surface area contributed by atoms with Gasteiger partial charge in [-0.15, -0.1) is 5.10 Å². The van der Waals surface area contributed by atoms with E-state index in [0.29, 0.717) is 18.5 Å². The van der Waals surface area contributed by atoms with E-state index < -0.39 is 0 Å². The number of hydrogen-bond donors (Lipinski definition) is 1. The first-order chi connectivity index (χ1) is 9.10. The maximum atomic E-state index is 5.96. The van der Waals surface area contributed by atoms with E-state index in [1.807, 2.05) is 50.2 Å². The van der Waals surface area contributed by atoms with Crippen molar-refractivity contribution in [3.63, 3.8) is 0 Å². The molecule has 0 spiro atoms. The van der Waals surface area contributed by atoms with Gasteiger partial charge < -0.3 is 14.6 Å². The average molecular weight is 281 g/mol. The predicted octanol–water partition coefficient (Wildman–Crippen LogP) is 2.64. The second kappa shape index (κ2) is 6.04. The van der Waals surface area contributed by atoms with E-state index in [-0.39, 0.29) is 6.04 Å². The van der Waals surface area contributed by atoms with Gasteiger partial charge in [-0.2, -0.15) is 0 Å². The van der Waals surface area contributed by atoms with Crippen LogP contribution in [-0.4, -0.2) is 24.3 Å². The molecule has 0 saturated carbocycles. The van der Waals surface area contributed by atoms with Gasteiger partial charge >= 0.3 is 6.01 Å². The number of halogens is 1. The molecule has 2 aromatic rings. The molecular weight excluding hydrogens is 264 g/mol. The van der Waals surface area contributed by atoms with E-state index in [0.717, 1.165) is 10.6 Å². The van der Waals surface area contributed by atoms with Crippen LogP contribution in [0.2, 0.25) is 5.02 Å². The first-order valence-corrected chi connectivity index (χ1v) is 6.44. The predicted molar refractivity (Wildman–Crippen MR) is 75.3 cm³/mol. The summed E-state index contributed by atoms with van der Waals surface area (Å²) in [5.41, 5.74) is 1.09. The highest BCUT2D eigenvalue weighted by Crippen LogP contribution is 2.18. The molecular formula is C13H17ClN4O. The van der Waals surface area contributed by atoms with Gasteiger partial charge in [0, 0.05) is 18.6 Å². The summed E-state index contributed by atoms with van der Waals surface area (Å²) >= 11 is 5.96. The Morgan fingerprint density at radius 1 is 1.42 bits per heavy atom. The molecule has 0 aliphatic heterocycles. The van der Waals surface area contributed by atoms with Gasteiger partial charge in [-0.3, -0.25) is 0 Å². The van der Waals surface area contributed by atoms with Gasteiger partial charge in [-0.25, -0.2) is 0 Å². The molecule has 19 heavy (non-hydrogen) atoms. The van der Waals surface area contributed by atoms with E-state index >= 15 is 0 Å². The lowest BCUT2D eigenvalue weighted by atomic mass is 10.2. The van der Waals surface area contributed by atoms with Gasteiger partial charge in [0.05, 0.1) is 6.04 Å². The van der Waals surface area contributed by atoms with Crippen molar-refractivity contribution in [3.05, 3.63) is 40.7 Å². The molecule has 0 aliphatic carbocycles. The Hall–Kier alpha value is -1.59. The summed E-state index contributed by atoms with van der Waals surface area (Å²) in [5, 5.41) is 11.8. The Morgan fingerprint density at radius 2 is 2.21 bits per heavy atom. The molecule has 0 aliphatic rings. The van der Waals surface area contributed by atoms with Gasteiger partial charge in [0.1, 0.15) is 0 Å². The van der Waals surface area contributed by atoms with Crippen molar-refractivity contribution >= 4 is 17.6 Å². The van der Waals surface area contributed by atoms with Crippen LogP contribution < -0.4 is 10.2 Å². The van der Waals surface area contributed by atoms with E-state index in [9.17, 15) is 0 Å². The van der Waals surface area contributed by atoms with Crippen LogP contribution in [0, 0.1) is 0 Å². The zero-order valence-electron chi connectivity index (χ0n) is 11.2. The molecule has 0 bridgehead atoms. The largest absolute Gasteiger partial charge is 0.406 e. The highest BCUT2D eigenvalue weighted by molar-refractivity contribution is 6.30. The standard InChI is InChI=1S/C13H17ClN4O/c1-9(15-2)12-16-17-13(19-12)18(3)8-10-5-4-6-11(14)7-10/h4-7,9,15H,8H2,1-3H3. The second-order valence-corrected chi connectivity index (χ2v) is 4.86. The van der Waals surface area contributed by atoms with Crippen molar-refractivity contribution in [2.24, 2.45) is 0 Å². The molecule has 1 heterocycles. The molecule has 1 aromatic heterocycles. The van der Waals surface area contributed by atoms with Crippen LogP contribution in [0.3, 0.4) is 0 Å². The average Bonchev–Trinajstić information content (AvgIpc) is 2.87. The molecule has 1 atom stereocenters. The lowest BCUT2D eigenvalue weighted by Crippen LogP contribution is -2.16. The molecule has 1 unspecified atom stereocenters. The molecule has 102 valence electrons. The first kappa shape index (κ1) is 13.8. The fourth-order valence-electron chi connectivity index (χ4n) is 1.66. The van der Waals surface area contributed by atoms with Gasteiger partial charge in [0.2, 0.25) is 5.89 Å². The molecule has 1 N–H and O–H groups in total. The quantitative estimate of drug-likeness (QED) is 0.912. The fraction of sp³-hybridized carbons (Fsp3) is 0.385. The van der Waals surface area contributed by atoms with Gasteiger partial charge in [0.15, 0.2) is 0 Å². The smallest absolute Gasteiger partial charge is 0.318 e. The molecule has 0 radical (unpaired) electrons. The lowest BCUT2D eigenvalue weighted by molar-refractivity contribution is 0.432. The Balaban J connectivity index is 2.07. The number of hydrogen-bond acceptors (Lipinski definition) is 5. The van der Waals surface area contributed by atoms with E-state index in [2.05, 4.69) is 15.5 Å². The van der Waals surface area contributed by atoms with E-state index in [1.165, 1.54) is 0 Å². The summed E-state index contributed by atoms with van der Waals surface area (Å²) in [4.78, 5) is 1.89. The third-order valence-corrected chi connectivity index (χ3v) is 3.10. The van der Waals surface area contributed by atoms with Crippen LogP contribution in [0.5, 0.6) is 0 Å². The van der Waals surface area contributed by atoms with Gasteiger partial charge in [-0.05, 0) is 31.7 Å². The number of nitrogens with one attached hydrogen (secondary N) is 1. The summed E-state index contributed by atoms with van der Waals surface area (Å²) in [6, 6.07) is 8.25. The fourth-order valence-corrected chi connectivity index (χ4v) is 1.87. The minimum absolute atomic E-state index is 0.0424. The van der Waals surface area contributed by atoms with Crippen LogP contribution in [-0.2, 0) is 6.54 Å². The minimum atomic E-state index is 0.0424. The highest BCUT2D eigenvalue weighted by Gasteiger charge is 2.14. The van der Waals surface area contributed by atoms with Crippen LogP contribution >= 0.6 is 11.6 Å². The highest BCUT2D eigenvalue weighted by atomic mass is 35.5. The van der Waals surface area contributed by atoms with Crippen LogP contribution in [0.1, 0.15) is 24.4 Å². The van der Waals surface area contributed by atoms with Crippen molar-refractivity contribution in [1.29, 1.82) is 0 Å². The van der Waals surface area contributed by atoms with Gasteiger partial charge in [-0.1, -0.05) is 28.8 Å². The summed E-state index contributed by atoms with van der Waals surface area (Å²) in [5.74, 6) is 0.579. The Bertz CT molecular complexity index is 543. The Morgan fingerprint density at radius 3 is 2.89 bits per heavy atom. The minimum Gasteiger partial charge on any atom is -0.406 e. The van der Waals surface area contributed by atoms with Crippen molar-refractivity contribution in [2.45, 2.75) is 19.5 Å². The second-order valence-electron chi connectivity index (χ2n) is 4.42. The van der Waals surface area contributed by atoms with Gasteiger partial charge in [0.25, 0.3) is 0 Å². The number of nitrogens with zero attached hydrogens (tertiary/aromatic N) is 3. The zero-order valence-corrected chi connectivity index (χ0v) is 12.0. The number of anilines is 1. The number of benzene rings is 1. The monoisotopic (exact) mass is 280 g/mol. The SMILES string of the molecule is CNC(C)c1nnc(N(C)Cc2cccc(Cl)c2)o1. The summed E-state index contributed by atoms with van der Waals surface area (Å²) in [7, 11) is 3.76. The maximum Gasteiger partial charge on any atom is 0.318 e. The zero-order chi connectivity index (χ0) is 13.8. The van der Waals surface area contributed by atoms with Crippen molar-refractivity contribution in [1.82, 2.24) is 15.5 Å². The third kappa shape index (κ3) is 3.45. The molecule has 6 heteroatoms. The van der Waals surface area contributed by atoms with E-state index in [4.69, 9.17) is 16.0 Å². The molecule has 0 fully saturated rings. The normalized spacial score (nSPS) is 12.4. The van der Waals surface area contributed by atoms with Crippen LogP contribution in [0.15, 0.2) is 28.7 Å². The number of rotatable bonds is 5. The maximum absolute atomic E-state index is 5.96. The first-order valence-electron chi connectivity index (χ1n) is 6.06. The molecule has 0 saturated heterocycles. The van der Waals surface area contributed by atoms with Crippen LogP contribution in [0.4, 0.5) is 6.01 Å². The summed E-state index contributed by atoms with van der Waals surface area (Å²) in [6.45, 7) is 2.63. The number of aromatic nitrogens is 2. The molecule has 5 nitrogen and oxygen atoms in total. The van der Waals surface area contributed by atoms with Crippen LogP contribution in [0.25, 0.3) is 0 Å².